The van der Waals surface area contributed by atoms with E-state index in [1.165, 1.54) is 35.0 Å². The summed E-state index contributed by atoms with van der Waals surface area (Å²) in [6, 6.07) is 8.71. The summed E-state index contributed by atoms with van der Waals surface area (Å²) in [5.41, 5.74) is -0.175. The molecule has 140 valence electrons. The van der Waals surface area contributed by atoms with Crippen molar-refractivity contribution in [1.82, 2.24) is 19.4 Å². The summed E-state index contributed by atoms with van der Waals surface area (Å²) in [6.45, 7) is 2.17. The van der Waals surface area contributed by atoms with Gasteiger partial charge in [-0.2, -0.15) is 0 Å². The fraction of sp³-hybridized carbons (Fsp3) is 0.263. The monoisotopic (exact) mass is 370 g/mol. The molecule has 0 radical (unpaired) electrons. The quantitative estimate of drug-likeness (QED) is 0.708. The summed E-state index contributed by atoms with van der Waals surface area (Å²) in [5.74, 6) is -0.729. The number of hydrogen-bond donors (Lipinski definition) is 1. The van der Waals surface area contributed by atoms with Gasteiger partial charge in [0.1, 0.15) is 12.4 Å². The van der Waals surface area contributed by atoms with Crippen LogP contribution >= 0.6 is 0 Å². The molecule has 3 rings (SSSR count). The molecule has 0 aliphatic carbocycles. The maximum atomic E-state index is 13.1. The standard InChI is InChI=1S/C19H19FN4O3/c1-2-9-21-16(25)12-23-15-4-3-10-22-17(15)18(26)24(19(23)27)11-13-5-7-14(20)8-6-13/h3-8,10H,2,9,11-12H2,1H3,(H,21,25). The van der Waals surface area contributed by atoms with Crippen LogP contribution in [0.5, 0.6) is 0 Å². The molecular weight excluding hydrogens is 351 g/mol. The molecule has 1 N–H and O–H groups in total. The first-order valence-corrected chi connectivity index (χ1v) is 8.60. The summed E-state index contributed by atoms with van der Waals surface area (Å²) in [5, 5.41) is 2.71. The Labute approximate surface area is 154 Å². The van der Waals surface area contributed by atoms with E-state index in [0.717, 1.165) is 11.0 Å². The van der Waals surface area contributed by atoms with Crippen molar-refractivity contribution in [3.05, 3.63) is 74.8 Å². The molecule has 7 nitrogen and oxygen atoms in total. The minimum atomic E-state index is -0.614. The van der Waals surface area contributed by atoms with E-state index in [1.807, 2.05) is 6.92 Å². The molecule has 0 saturated heterocycles. The van der Waals surface area contributed by atoms with Gasteiger partial charge in [0, 0.05) is 12.7 Å². The normalized spacial score (nSPS) is 10.9. The molecule has 0 unspecified atom stereocenters. The second-order valence-corrected chi connectivity index (χ2v) is 6.11. The Bertz CT molecular complexity index is 1090. The Balaban J connectivity index is 2.11. The molecule has 1 amide bonds. The highest BCUT2D eigenvalue weighted by Gasteiger charge is 2.16. The van der Waals surface area contributed by atoms with Gasteiger partial charge in [-0.3, -0.25) is 18.7 Å². The second-order valence-electron chi connectivity index (χ2n) is 6.11. The number of carbonyl (C=O) groups excluding carboxylic acids is 1. The number of nitrogens with one attached hydrogen (secondary N) is 1. The molecule has 0 atom stereocenters. The number of carbonyl (C=O) groups is 1. The summed E-state index contributed by atoms with van der Waals surface area (Å²) >= 11 is 0. The van der Waals surface area contributed by atoms with Crippen LogP contribution in [0.4, 0.5) is 4.39 Å². The molecule has 0 aliphatic rings. The smallest absolute Gasteiger partial charge is 0.332 e. The zero-order valence-corrected chi connectivity index (χ0v) is 14.8. The van der Waals surface area contributed by atoms with Crippen molar-refractivity contribution in [1.29, 1.82) is 0 Å². The highest BCUT2D eigenvalue weighted by Crippen LogP contribution is 2.07. The summed E-state index contributed by atoms with van der Waals surface area (Å²) in [4.78, 5) is 41.9. The zero-order chi connectivity index (χ0) is 19.4. The number of halogens is 1. The van der Waals surface area contributed by atoms with Gasteiger partial charge >= 0.3 is 5.69 Å². The summed E-state index contributed by atoms with van der Waals surface area (Å²) in [7, 11) is 0. The number of fused-ring (bicyclic) bond motifs is 1. The van der Waals surface area contributed by atoms with Gasteiger partial charge in [-0.05, 0) is 36.2 Å². The maximum Gasteiger partial charge on any atom is 0.332 e. The van der Waals surface area contributed by atoms with Gasteiger partial charge < -0.3 is 5.32 Å². The summed E-state index contributed by atoms with van der Waals surface area (Å²) in [6.07, 6.45) is 2.23. The van der Waals surface area contributed by atoms with E-state index in [1.54, 1.807) is 12.1 Å². The van der Waals surface area contributed by atoms with Gasteiger partial charge in [0.15, 0.2) is 5.52 Å². The zero-order valence-electron chi connectivity index (χ0n) is 14.8. The highest BCUT2D eigenvalue weighted by atomic mass is 19.1. The Morgan fingerprint density at radius 2 is 1.89 bits per heavy atom. The number of aromatic nitrogens is 3. The van der Waals surface area contributed by atoms with E-state index in [4.69, 9.17) is 0 Å². The second kappa shape index (κ2) is 7.94. The third-order valence-electron chi connectivity index (χ3n) is 4.11. The molecule has 2 heterocycles. The maximum absolute atomic E-state index is 13.1. The number of amides is 1. The van der Waals surface area contributed by atoms with Crippen LogP contribution in [-0.4, -0.2) is 26.6 Å². The first-order chi connectivity index (χ1) is 13.0. The fourth-order valence-electron chi connectivity index (χ4n) is 2.77. The van der Waals surface area contributed by atoms with Crippen LogP contribution < -0.4 is 16.6 Å². The third-order valence-corrected chi connectivity index (χ3v) is 4.11. The van der Waals surface area contributed by atoms with Crippen molar-refractivity contribution in [3.8, 4) is 0 Å². The topological polar surface area (TPSA) is 86.0 Å². The van der Waals surface area contributed by atoms with Gasteiger partial charge in [0.25, 0.3) is 5.56 Å². The Kier molecular flexibility index (Phi) is 5.44. The van der Waals surface area contributed by atoms with Crippen molar-refractivity contribution in [2.75, 3.05) is 6.54 Å². The van der Waals surface area contributed by atoms with Crippen molar-refractivity contribution in [2.24, 2.45) is 0 Å². The minimum absolute atomic E-state index is 0.0406. The van der Waals surface area contributed by atoms with Crippen LogP contribution in [0.2, 0.25) is 0 Å². The molecule has 2 aromatic heterocycles. The van der Waals surface area contributed by atoms with Crippen LogP contribution in [0.25, 0.3) is 11.0 Å². The molecule has 0 spiro atoms. The minimum Gasteiger partial charge on any atom is -0.355 e. The average Bonchev–Trinajstić information content (AvgIpc) is 2.68. The van der Waals surface area contributed by atoms with Crippen molar-refractivity contribution in [2.45, 2.75) is 26.4 Å². The molecule has 27 heavy (non-hydrogen) atoms. The van der Waals surface area contributed by atoms with Crippen molar-refractivity contribution in [3.63, 3.8) is 0 Å². The Morgan fingerprint density at radius 3 is 2.59 bits per heavy atom. The van der Waals surface area contributed by atoms with E-state index in [0.29, 0.717) is 17.6 Å². The van der Waals surface area contributed by atoms with Crippen LogP contribution in [-0.2, 0) is 17.9 Å². The predicted molar refractivity (Wildman–Crippen MR) is 99.1 cm³/mol. The lowest BCUT2D eigenvalue weighted by Crippen LogP contribution is -2.43. The Morgan fingerprint density at radius 1 is 1.15 bits per heavy atom. The number of hydrogen-bond acceptors (Lipinski definition) is 4. The molecule has 0 bridgehead atoms. The predicted octanol–water partition coefficient (Wildman–Crippen LogP) is 1.27. The lowest BCUT2D eigenvalue weighted by Gasteiger charge is -2.13. The Hall–Kier alpha value is -3.29. The number of rotatable bonds is 6. The van der Waals surface area contributed by atoms with E-state index in [9.17, 15) is 18.8 Å². The molecule has 0 saturated carbocycles. The van der Waals surface area contributed by atoms with Gasteiger partial charge in [-0.15, -0.1) is 0 Å². The third kappa shape index (κ3) is 3.94. The molecular formula is C19H19FN4O3. The number of pyridine rings is 1. The first kappa shape index (κ1) is 18.5. The number of benzene rings is 1. The van der Waals surface area contributed by atoms with Gasteiger partial charge in [0.05, 0.1) is 12.1 Å². The number of nitrogens with zero attached hydrogens (tertiary/aromatic N) is 3. The first-order valence-electron chi connectivity index (χ1n) is 8.60. The van der Waals surface area contributed by atoms with Gasteiger partial charge in [0.2, 0.25) is 5.91 Å². The summed E-state index contributed by atoms with van der Waals surface area (Å²) < 4.78 is 15.4. The van der Waals surface area contributed by atoms with Gasteiger partial charge in [-0.25, -0.2) is 14.2 Å². The lowest BCUT2D eigenvalue weighted by molar-refractivity contribution is -0.121. The van der Waals surface area contributed by atoms with E-state index < -0.39 is 17.1 Å². The van der Waals surface area contributed by atoms with Crippen LogP contribution in [0, 0.1) is 5.82 Å². The van der Waals surface area contributed by atoms with E-state index >= 15 is 0 Å². The fourth-order valence-corrected chi connectivity index (χ4v) is 2.77. The van der Waals surface area contributed by atoms with Gasteiger partial charge in [-0.1, -0.05) is 19.1 Å². The molecule has 3 aromatic rings. The molecule has 1 aromatic carbocycles. The SMILES string of the molecule is CCCNC(=O)Cn1c(=O)n(Cc2ccc(F)cc2)c(=O)c2ncccc21. The van der Waals surface area contributed by atoms with Crippen molar-refractivity contribution >= 4 is 16.9 Å². The average molecular weight is 370 g/mol. The van der Waals surface area contributed by atoms with Crippen LogP contribution in [0.1, 0.15) is 18.9 Å². The highest BCUT2D eigenvalue weighted by molar-refractivity contribution is 5.79. The molecule has 0 fully saturated rings. The lowest BCUT2D eigenvalue weighted by atomic mass is 10.2. The van der Waals surface area contributed by atoms with E-state index in [2.05, 4.69) is 10.3 Å². The largest absolute Gasteiger partial charge is 0.355 e. The van der Waals surface area contributed by atoms with Crippen molar-refractivity contribution < 1.29 is 9.18 Å². The van der Waals surface area contributed by atoms with E-state index in [-0.39, 0.29) is 24.5 Å². The molecule has 0 aliphatic heterocycles. The van der Waals surface area contributed by atoms with Crippen LogP contribution in [0.15, 0.2) is 52.2 Å². The van der Waals surface area contributed by atoms with Crippen LogP contribution in [0.3, 0.4) is 0 Å². The molecule has 8 heteroatoms.